The lowest BCUT2D eigenvalue weighted by atomic mass is 9.78. The van der Waals surface area contributed by atoms with Gasteiger partial charge < -0.3 is 0 Å². The maximum atomic E-state index is 2.53. The van der Waals surface area contributed by atoms with Crippen LogP contribution in [0.2, 0.25) is 0 Å². The van der Waals surface area contributed by atoms with Crippen molar-refractivity contribution in [2.45, 2.75) is 104 Å². The highest BCUT2D eigenvalue weighted by atomic mass is 14.3. The fourth-order valence-electron chi connectivity index (χ4n) is 4.81. The summed E-state index contributed by atoms with van der Waals surface area (Å²) in [5.41, 5.74) is 0. The number of hydrogen-bond acceptors (Lipinski definition) is 0. The quantitative estimate of drug-likeness (QED) is 0.375. The van der Waals surface area contributed by atoms with Gasteiger partial charge in [0, 0.05) is 0 Å². The second-order valence-electron chi connectivity index (χ2n) is 8.62. The third-order valence-electron chi connectivity index (χ3n) is 6.52. The molecule has 0 spiro atoms. The highest BCUT2D eigenvalue weighted by Crippen LogP contribution is 2.34. The Balaban J connectivity index is 1.54. The molecule has 0 radical (unpaired) electrons. The molecule has 0 heteroatoms. The molecule has 0 bridgehead atoms. The first-order valence-electron chi connectivity index (χ1n) is 11.1. The van der Waals surface area contributed by atoms with Crippen LogP contribution in [0.3, 0.4) is 0 Å². The van der Waals surface area contributed by atoms with Crippen LogP contribution in [0, 0.1) is 23.7 Å². The Morgan fingerprint density at radius 1 is 0.625 bits per heavy atom. The molecule has 0 saturated heterocycles. The van der Waals surface area contributed by atoms with E-state index in [2.05, 4.69) is 38.2 Å². The Kier molecular flexibility index (Phi) is 9.85. The van der Waals surface area contributed by atoms with Gasteiger partial charge in [-0.3, -0.25) is 0 Å². The van der Waals surface area contributed by atoms with Crippen molar-refractivity contribution >= 4 is 0 Å². The molecule has 2 aliphatic rings. The molecule has 2 rings (SSSR count). The molecule has 0 nitrogen and oxygen atoms in total. The molecule has 0 atom stereocenters. The third-order valence-corrected chi connectivity index (χ3v) is 6.52. The third kappa shape index (κ3) is 7.58. The lowest BCUT2D eigenvalue weighted by Crippen LogP contribution is -2.14. The van der Waals surface area contributed by atoms with Crippen molar-refractivity contribution in [3.63, 3.8) is 0 Å². The monoisotopic (exact) mass is 330 g/mol. The number of unbranched alkanes of at least 4 members (excludes halogenated alkanes) is 1. The summed E-state index contributed by atoms with van der Waals surface area (Å²) < 4.78 is 0. The van der Waals surface area contributed by atoms with Crippen molar-refractivity contribution in [2.24, 2.45) is 23.7 Å². The zero-order valence-corrected chi connectivity index (χ0v) is 16.5. The van der Waals surface area contributed by atoms with Gasteiger partial charge >= 0.3 is 0 Å². The summed E-state index contributed by atoms with van der Waals surface area (Å²) in [6.45, 7) is 4.61. The number of rotatable bonds is 9. The van der Waals surface area contributed by atoms with E-state index in [9.17, 15) is 0 Å². The molecule has 2 aliphatic carbocycles. The maximum Gasteiger partial charge on any atom is -0.0233 e. The average molecular weight is 331 g/mol. The summed E-state index contributed by atoms with van der Waals surface area (Å²) in [5.74, 6) is 3.90. The molecule has 0 N–H and O–H groups in total. The second-order valence-corrected chi connectivity index (χ2v) is 8.62. The molecule has 2 fully saturated rings. The van der Waals surface area contributed by atoms with E-state index in [4.69, 9.17) is 0 Å². The highest BCUT2D eigenvalue weighted by Gasteiger charge is 2.20. The molecule has 0 aromatic rings. The van der Waals surface area contributed by atoms with Gasteiger partial charge in [-0.25, -0.2) is 0 Å². The Morgan fingerprint density at radius 2 is 1.17 bits per heavy atom. The Hall–Kier alpha value is -0.520. The van der Waals surface area contributed by atoms with E-state index in [1.165, 1.54) is 89.9 Å². The first-order valence-corrected chi connectivity index (χ1v) is 11.1. The highest BCUT2D eigenvalue weighted by molar-refractivity contribution is 4.93. The molecule has 2 saturated carbocycles. The molecule has 0 aromatic carbocycles. The van der Waals surface area contributed by atoms with Crippen LogP contribution in [-0.2, 0) is 0 Å². The van der Waals surface area contributed by atoms with Crippen molar-refractivity contribution in [3.05, 3.63) is 24.3 Å². The van der Waals surface area contributed by atoms with Gasteiger partial charge in [-0.2, -0.15) is 0 Å². The Bertz CT molecular complexity index is 348. The second kappa shape index (κ2) is 11.9. The van der Waals surface area contributed by atoms with Crippen molar-refractivity contribution in [1.82, 2.24) is 0 Å². The van der Waals surface area contributed by atoms with Gasteiger partial charge in [0.25, 0.3) is 0 Å². The van der Waals surface area contributed by atoms with Crippen LogP contribution in [0.25, 0.3) is 0 Å². The van der Waals surface area contributed by atoms with Crippen LogP contribution < -0.4 is 0 Å². The van der Waals surface area contributed by atoms with Gasteiger partial charge in [0.15, 0.2) is 0 Å². The van der Waals surface area contributed by atoms with Crippen LogP contribution >= 0.6 is 0 Å². The Labute approximate surface area is 152 Å². The van der Waals surface area contributed by atoms with Crippen molar-refractivity contribution in [1.29, 1.82) is 0 Å². The Morgan fingerprint density at radius 3 is 1.71 bits per heavy atom. The topological polar surface area (TPSA) is 0 Å². The van der Waals surface area contributed by atoms with Gasteiger partial charge in [0.05, 0.1) is 0 Å². The fourth-order valence-corrected chi connectivity index (χ4v) is 4.81. The van der Waals surface area contributed by atoms with Crippen LogP contribution in [0.5, 0.6) is 0 Å². The van der Waals surface area contributed by atoms with E-state index in [1.807, 2.05) is 0 Å². The van der Waals surface area contributed by atoms with E-state index in [0.29, 0.717) is 0 Å². The zero-order valence-electron chi connectivity index (χ0n) is 16.5. The first-order chi connectivity index (χ1) is 11.8. The summed E-state index contributed by atoms with van der Waals surface area (Å²) in [5, 5.41) is 0. The minimum Gasteiger partial charge on any atom is -0.0883 e. The van der Waals surface area contributed by atoms with Gasteiger partial charge in [-0.05, 0) is 81.5 Å². The van der Waals surface area contributed by atoms with Gasteiger partial charge in [0.1, 0.15) is 0 Å². The standard InChI is InChI=1S/C24H42/c1-3-5-6-10-22-17-19-24(20-18-22)12-8-7-11-23-15-13-21(9-4-2)14-16-23/h6-8,10,21-24H,3-5,9,11-20H2,1-2H3/b8-7-,10-6?. The van der Waals surface area contributed by atoms with Crippen LogP contribution in [-0.4, -0.2) is 0 Å². The molecule has 0 amide bonds. The van der Waals surface area contributed by atoms with Crippen molar-refractivity contribution in [2.75, 3.05) is 0 Å². The number of allylic oxidation sites excluding steroid dienone is 4. The van der Waals surface area contributed by atoms with E-state index >= 15 is 0 Å². The van der Waals surface area contributed by atoms with Gasteiger partial charge in [-0.1, -0.05) is 70.3 Å². The van der Waals surface area contributed by atoms with E-state index in [0.717, 1.165) is 23.7 Å². The van der Waals surface area contributed by atoms with Crippen LogP contribution in [0.4, 0.5) is 0 Å². The lowest BCUT2D eigenvalue weighted by molar-refractivity contribution is 0.263. The van der Waals surface area contributed by atoms with Gasteiger partial charge in [0.2, 0.25) is 0 Å². The predicted octanol–water partition coefficient (Wildman–Crippen LogP) is 8.09. The first kappa shape index (κ1) is 19.8. The molecule has 138 valence electrons. The summed E-state index contributed by atoms with van der Waals surface area (Å²) in [4.78, 5) is 0. The summed E-state index contributed by atoms with van der Waals surface area (Å²) in [7, 11) is 0. The molecule has 0 heterocycles. The molecule has 0 aliphatic heterocycles. The zero-order chi connectivity index (χ0) is 17.0. The van der Waals surface area contributed by atoms with Gasteiger partial charge in [-0.15, -0.1) is 0 Å². The minimum atomic E-state index is 0.884. The SMILES string of the molecule is CCCC=CC1CCC(C/C=C\CC2CCC(CCC)CC2)CC1. The number of hydrogen-bond donors (Lipinski definition) is 0. The van der Waals surface area contributed by atoms with Crippen molar-refractivity contribution < 1.29 is 0 Å². The van der Waals surface area contributed by atoms with Crippen LogP contribution in [0.1, 0.15) is 104 Å². The largest absolute Gasteiger partial charge is 0.0883 e. The lowest BCUT2D eigenvalue weighted by Gasteiger charge is -2.28. The van der Waals surface area contributed by atoms with E-state index < -0.39 is 0 Å². The normalized spacial score (nSPS) is 31.9. The summed E-state index contributed by atoms with van der Waals surface area (Å²) >= 11 is 0. The summed E-state index contributed by atoms with van der Waals surface area (Å²) in [6, 6.07) is 0. The van der Waals surface area contributed by atoms with E-state index in [1.54, 1.807) is 0 Å². The molecular weight excluding hydrogens is 288 g/mol. The van der Waals surface area contributed by atoms with E-state index in [-0.39, 0.29) is 0 Å². The average Bonchev–Trinajstić information content (AvgIpc) is 2.62. The fraction of sp³-hybridized carbons (Fsp3) is 0.833. The smallest absolute Gasteiger partial charge is 0.0233 e. The maximum absolute atomic E-state index is 2.53. The minimum absolute atomic E-state index is 0.884. The molecule has 0 unspecified atom stereocenters. The molecule has 0 aromatic heterocycles. The predicted molar refractivity (Wildman–Crippen MR) is 108 cm³/mol. The molecular formula is C24H42. The summed E-state index contributed by atoms with van der Waals surface area (Å²) in [6.07, 6.45) is 29.8. The van der Waals surface area contributed by atoms with Crippen molar-refractivity contribution in [3.8, 4) is 0 Å². The molecule has 24 heavy (non-hydrogen) atoms. The van der Waals surface area contributed by atoms with Crippen LogP contribution in [0.15, 0.2) is 24.3 Å².